The summed E-state index contributed by atoms with van der Waals surface area (Å²) >= 11 is 0. The quantitative estimate of drug-likeness (QED) is 0.0519. The van der Waals surface area contributed by atoms with E-state index >= 15 is 0 Å². The smallest absolute Gasteiger partial charge is 0.139 e. The highest BCUT2D eigenvalue weighted by molar-refractivity contribution is 6.06. The number of nitriles is 4. The Balaban J connectivity index is 1.33. The topological polar surface area (TPSA) is 121 Å². The monoisotopic (exact) mass is 716 g/mol. The van der Waals surface area contributed by atoms with Gasteiger partial charge in [0, 0.05) is 22.3 Å². The third-order valence-electron chi connectivity index (χ3n) is 11.2. The molecule has 0 N–H and O–H groups in total. The first-order chi connectivity index (χ1) is 26.6. The van der Waals surface area contributed by atoms with Gasteiger partial charge < -0.3 is 0 Å². The Bertz CT molecular complexity index is 1830. The molecule has 5 rings (SSSR count). The first-order valence-electron chi connectivity index (χ1n) is 20.9. The fourth-order valence-corrected chi connectivity index (χ4v) is 8.15. The van der Waals surface area contributed by atoms with Gasteiger partial charge in [-0.15, -0.1) is 0 Å². The summed E-state index contributed by atoms with van der Waals surface area (Å²) in [5, 5.41) is 40.3. The lowest BCUT2D eigenvalue weighted by Crippen LogP contribution is -1.98. The van der Waals surface area contributed by atoms with Crippen molar-refractivity contribution in [2.45, 2.75) is 155 Å². The average Bonchev–Trinajstić information content (AvgIpc) is 3.67. The molecule has 0 aliphatic heterocycles. The Morgan fingerprint density at radius 3 is 1.04 bits per heavy atom. The van der Waals surface area contributed by atoms with Crippen LogP contribution in [-0.2, 0) is 12.8 Å². The minimum atomic E-state index is 0.0101. The van der Waals surface area contributed by atoms with Crippen LogP contribution in [0.1, 0.15) is 176 Å². The van der Waals surface area contributed by atoms with E-state index in [1.54, 1.807) is 0 Å². The number of aryl methyl sites for hydroxylation is 2. The van der Waals surface area contributed by atoms with Crippen molar-refractivity contribution >= 4 is 11.1 Å². The van der Waals surface area contributed by atoms with Gasteiger partial charge in [0.2, 0.25) is 0 Å². The van der Waals surface area contributed by atoms with Crippen molar-refractivity contribution in [1.29, 1.82) is 21.0 Å². The second-order valence-corrected chi connectivity index (χ2v) is 15.2. The molecule has 6 heteroatoms. The van der Waals surface area contributed by atoms with Crippen molar-refractivity contribution < 1.29 is 0 Å². The highest BCUT2D eigenvalue weighted by Gasteiger charge is 2.36. The van der Waals surface area contributed by atoms with Crippen molar-refractivity contribution in [3.05, 3.63) is 81.2 Å². The maximum absolute atomic E-state index is 10.1. The normalized spacial score (nSPS) is 11.9. The predicted octanol–water partition coefficient (Wildman–Crippen LogP) is 13.1. The zero-order chi connectivity index (χ0) is 38.1. The molecule has 0 amide bonds. The average molecular weight is 717 g/mol. The van der Waals surface area contributed by atoms with E-state index in [1.807, 2.05) is 12.1 Å². The van der Waals surface area contributed by atoms with Crippen LogP contribution in [-0.4, -0.2) is 9.97 Å². The molecule has 278 valence electrons. The van der Waals surface area contributed by atoms with Gasteiger partial charge in [0.15, 0.2) is 0 Å². The zero-order valence-corrected chi connectivity index (χ0v) is 32.7. The molecule has 6 nitrogen and oxygen atoms in total. The van der Waals surface area contributed by atoms with Crippen molar-refractivity contribution in [1.82, 2.24) is 9.97 Å². The van der Waals surface area contributed by atoms with Gasteiger partial charge in [0.25, 0.3) is 0 Å². The molecule has 1 aromatic heterocycles. The maximum atomic E-state index is 10.1. The molecule has 0 atom stereocenters. The van der Waals surface area contributed by atoms with E-state index in [0.29, 0.717) is 33.9 Å². The highest BCUT2D eigenvalue weighted by Crippen LogP contribution is 2.50. The van der Waals surface area contributed by atoms with Crippen LogP contribution in [0.4, 0.5) is 0 Å². The van der Waals surface area contributed by atoms with Crippen molar-refractivity contribution in [3.8, 4) is 46.8 Å². The number of aromatic nitrogens is 2. The summed E-state index contributed by atoms with van der Waals surface area (Å²) in [7, 11) is 0. The molecule has 2 aliphatic rings. The highest BCUT2D eigenvalue weighted by atomic mass is 14.9. The molecule has 0 spiro atoms. The van der Waals surface area contributed by atoms with Gasteiger partial charge >= 0.3 is 0 Å². The molecule has 2 aliphatic carbocycles. The van der Waals surface area contributed by atoms with Crippen LogP contribution in [0.15, 0.2) is 47.5 Å². The van der Waals surface area contributed by atoms with Crippen LogP contribution in [0.5, 0.6) is 0 Å². The van der Waals surface area contributed by atoms with Crippen LogP contribution < -0.4 is 0 Å². The molecular formula is C48H56N6. The lowest BCUT2D eigenvalue weighted by Gasteiger charge is -2.07. The summed E-state index contributed by atoms with van der Waals surface area (Å²) in [6.07, 6.45) is 27.4. The summed E-state index contributed by atoms with van der Waals surface area (Å²) < 4.78 is 0. The van der Waals surface area contributed by atoms with Gasteiger partial charge in [-0.25, -0.2) is 9.97 Å². The van der Waals surface area contributed by atoms with Crippen molar-refractivity contribution in [3.63, 3.8) is 0 Å². The van der Waals surface area contributed by atoms with E-state index in [-0.39, 0.29) is 11.1 Å². The van der Waals surface area contributed by atoms with E-state index < -0.39 is 0 Å². The minimum Gasteiger partial charge on any atom is -0.243 e. The Kier molecular flexibility index (Phi) is 15.6. The first kappa shape index (κ1) is 40.2. The molecule has 0 saturated heterocycles. The van der Waals surface area contributed by atoms with Crippen molar-refractivity contribution in [2.75, 3.05) is 0 Å². The SMILES string of the molecule is CCCCCCCCCCCCc1ccc2c(c1)C(=C(C#N)C#N)c1nc3c(nc1-2)C(=C(C#N)C#N)c1cc(CCCCCCCCCCCC)ccc1-3. The van der Waals surface area contributed by atoms with Crippen LogP contribution in [0.2, 0.25) is 0 Å². The van der Waals surface area contributed by atoms with E-state index in [0.717, 1.165) is 47.9 Å². The van der Waals surface area contributed by atoms with Gasteiger partial charge in [0.1, 0.15) is 46.8 Å². The first-order valence-corrected chi connectivity index (χ1v) is 20.9. The van der Waals surface area contributed by atoms with Crippen LogP contribution >= 0.6 is 0 Å². The van der Waals surface area contributed by atoms with E-state index in [1.165, 1.54) is 127 Å². The summed E-state index contributed by atoms with van der Waals surface area (Å²) in [5.41, 5.74) is 8.80. The molecule has 3 aromatic rings. The van der Waals surface area contributed by atoms with Gasteiger partial charge in [0.05, 0.1) is 11.4 Å². The van der Waals surface area contributed by atoms with E-state index in [2.05, 4.69) is 62.4 Å². The second-order valence-electron chi connectivity index (χ2n) is 15.2. The largest absolute Gasteiger partial charge is 0.243 e. The number of unbranched alkanes of at least 4 members (excludes halogenated alkanes) is 18. The van der Waals surface area contributed by atoms with Crippen LogP contribution in [0.3, 0.4) is 0 Å². The molecule has 0 saturated carbocycles. The molecule has 0 fully saturated rings. The number of rotatable bonds is 22. The molecule has 0 unspecified atom stereocenters. The maximum Gasteiger partial charge on any atom is 0.139 e. The third-order valence-corrected chi connectivity index (χ3v) is 11.2. The Morgan fingerprint density at radius 2 is 0.722 bits per heavy atom. The second kappa shape index (κ2) is 21.0. The molecule has 0 bridgehead atoms. The lowest BCUT2D eigenvalue weighted by atomic mass is 9.96. The number of fused-ring (bicyclic) bond motifs is 6. The Hall–Kier alpha value is -5.04. The molecule has 0 radical (unpaired) electrons. The number of nitrogens with zero attached hydrogens (tertiary/aromatic N) is 6. The Labute approximate surface area is 324 Å². The third kappa shape index (κ3) is 9.73. The van der Waals surface area contributed by atoms with Gasteiger partial charge in [-0.3, -0.25) is 0 Å². The van der Waals surface area contributed by atoms with Crippen LogP contribution in [0, 0.1) is 45.3 Å². The molecular weight excluding hydrogens is 661 g/mol. The van der Waals surface area contributed by atoms with Gasteiger partial charge in [-0.1, -0.05) is 166 Å². The lowest BCUT2D eigenvalue weighted by molar-refractivity contribution is 0.556. The molecule has 54 heavy (non-hydrogen) atoms. The minimum absolute atomic E-state index is 0.0101. The summed E-state index contributed by atoms with van der Waals surface area (Å²) in [6.45, 7) is 4.51. The number of hydrogen-bond acceptors (Lipinski definition) is 6. The number of benzene rings is 2. The predicted molar refractivity (Wildman–Crippen MR) is 218 cm³/mol. The standard InChI is InChI=1S/C48H56N6/c1-3-5-7-9-11-13-15-17-19-21-23-35-25-27-39-41(29-35)43(37(31-49)32-50)47-45(39)53-48-44(38(33-51)34-52)42-30-36(26-28-40(42)46(48)54-47)24-22-20-18-16-14-12-10-8-6-4-2/h25-30H,3-24H2,1-2H3. The zero-order valence-electron chi connectivity index (χ0n) is 32.7. The summed E-state index contributed by atoms with van der Waals surface area (Å²) in [6, 6.07) is 21.0. The molecule has 2 aromatic carbocycles. The van der Waals surface area contributed by atoms with E-state index in [9.17, 15) is 21.0 Å². The van der Waals surface area contributed by atoms with Gasteiger partial charge in [-0.05, 0) is 47.9 Å². The summed E-state index contributed by atoms with van der Waals surface area (Å²) in [4.78, 5) is 10.3. The summed E-state index contributed by atoms with van der Waals surface area (Å²) in [5.74, 6) is 0. The van der Waals surface area contributed by atoms with E-state index in [4.69, 9.17) is 9.97 Å². The number of allylic oxidation sites excluding steroid dienone is 2. The van der Waals surface area contributed by atoms with Gasteiger partial charge in [-0.2, -0.15) is 21.0 Å². The number of hydrogen-bond donors (Lipinski definition) is 0. The fraction of sp³-hybridized carbons (Fsp3) is 0.500. The van der Waals surface area contributed by atoms with Crippen molar-refractivity contribution in [2.24, 2.45) is 0 Å². The Morgan fingerprint density at radius 1 is 0.407 bits per heavy atom. The van der Waals surface area contributed by atoms with Crippen LogP contribution in [0.25, 0.3) is 33.7 Å². The molecule has 1 heterocycles. The fourth-order valence-electron chi connectivity index (χ4n) is 8.15.